The van der Waals surface area contributed by atoms with Crippen molar-refractivity contribution in [3.8, 4) is 0 Å². The second-order valence-corrected chi connectivity index (χ2v) is 4.76. The number of hydrogen-bond donors (Lipinski definition) is 0. The SMILES string of the molecule is COCC1CCCN1c1ccc([N+](=O)[O-])c(N=C=S)c1. The lowest BCUT2D eigenvalue weighted by Crippen LogP contribution is -2.32. The summed E-state index contributed by atoms with van der Waals surface area (Å²) in [6.45, 7) is 1.55. The third kappa shape index (κ3) is 3.01. The summed E-state index contributed by atoms with van der Waals surface area (Å²) >= 11 is 4.55. The smallest absolute Gasteiger partial charge is 0.295 e. The molecule has 1 aromatic carbocycles. The molecule has 106 valence electrons. The Hall–Kier alpha value is -1.82. The second kappa shape index (κ2) is 6.56. The molecule has 1 aliphatic rings. The lowest BCUT2D eigenvalue weighted by molar-refractivity contribution is -0.384. The molecular weight excluding hydrogens is 278 g/mol. The molecule has 0 bridgehead atoms. The van der Waals surface area contributed by atoms with E-state index in [9.17, 15) is 10.1 Å². The molecule has 0 amide bonds. The standard InChI is InChI=1S/C13H15N3O3S/c1-19-8-11-3-2-6-15(11)10-4-5-13(16(17)18)12(7-10)14-9-20/h4-5,7,11H,2-3,6,8H2,1H3. The summed E-state index contributed by atoms with van der Waals surface area (Å²) in [5, 5.41) is 13.1. The first-order chi connectivity index (χ1) is 9.67. The molecule has 2 rings (SSSR count). The maximum atomic E-state index is 10.9. The van der Waals surface area contributed by atoms with Gasteiger partial charge in [0.05, 0.1) is 22.7 Å². The Morgan fingerprint density at radius 3 is 3.10 bits per heavy atom. The normalized spacial score (nSPS) is 17.9. The quantitative estimate of drug-likeness (QED) is 0.361. The molecule has 0 spiro atoms. The molecule has 20 heavy (non-hydrogen) atoms. The zero-order chi connectivity index (χ0) is 14.5. The van der Waals surface area contributed by atoms with E-state index < -0.39 is 4.92 Å². The van der Waals surface area contributed by atoms with Crippen LogP contribution < -0.4 is 4.90 Å². The Bertz CT molecular complexity index is 558. The summed E-state index contributed by atoms with van der Waals surface area (Å²) in [5.41, 5.74) is 1.08. The average Bonchev–Trinajstić information content (AvgIpc) is 2.87. The van der Waals surface area contributed by atoms with Crippen LogP contribution in [0.1, 0.15) is 12.8 Å². The van der Waals surface area contributed by atoms with Gasteiger partial charge in [-0.05, 0) is 37.2 Å². The molecule has 1 fully saturated rings. The van der Waals surface area contributed by atoms with Crippen molar-refractivity contribution in [1.29, 1.82) is 0 Å². The number of nitro benzene ring substituents is 1. The monoisotopic (exact) mass is 293 g/mol. The number of benzene rings is 1. The first-order valence-electron chi connectivity index (χ1n) is 6.29. The van der Waals surface area contributed by atoms with Crippen molar-refractivity contribution in [1.82, 2.24) is 0 Å². The molecule has 1 aliphatic heterocycles. The first kappa shape index (κ1) is 14.6. The van der Waals surface area contributed by atoms with E-state index in [0.717, 1.165) is 25.1 Å². The highest BCUT2D eigenvalue weighted by atomic mass is 32.1. The van der Waals surface area contributed by atoms with E-state index in [4.69, 9.17) is 4.74 Å². The number of aliphatic imine (C=N–C) groups is 1. The van der Waals surface area contributed by atoms with E-state index >= 15 is 0 Å². The van der Waals surface area contributed by atoms with Crippen molar-refractivity contribution in [3.63, 3.8) is 0 Å². The van der Waals surface area contributed by atoms with Gasteiger partial charge in [0.1, 0.15) is 0 Å². The maximum absolute atomic E-state index is 10.9. The summed E-state index contributed by atoms with van der Waals surface area (Å²) in [5.74, 6) is 0. The van der Waals surface area contributed by atoms with E-state index in [0.29, 0.717) is 12.6 Å². The Balaban J connectivity index is 2.35. The van der Waals surface area contributed by atoms with Crippen LogP contribution in [0.4, 0.5) is 17.1 Å². The minimum atomic E-state index is -0.466. The van der Waals surface area contributed by atoms with Gasteiger partial charge in [-0.2, -0.15) is 4.99 Å². The largest absolute Gasteiger partial charge is 0.383 e. The lowest BCUT2D eigenvalue weighted by Gasteiger charge is -2.26. The molecule has 0 aromatic heterocycles. The van der Waals surface area contributed by atoms with Gasteiger partial charge >= 0.3 is 0 Å². The van der Waals surface area contributed by atoms with Crippen molar-refractivity contribution < 1.29 is 9.66 Å². The molecule has 6 nitrogen and oxygen atoms in total. The first-order valence-corrected chi connectivity index (χ1v) is 6.70. The van der Waals surface area contributed by atoms with Crippen molar-refractivity contribution in [3.05, 3.63) is 28.3 Å². The van der Waals surface area contributed by atoms with Gasteiger partial charge in [0.15, 0.2) is 5.69 Å². The molecule has 0 aliphatic carbocycles. The predicted molar refractivity (Wildman–Crippen MR) is 80.0 cm³/mol. The third-order valence-corrected chi connectivity index (χ3v) is 3.48. The van der Waals surface area contributed by atoms with E-state index in [1.807, 2.05) is 0 Å². The summed E-state index contributed by atoms with van der Waals surface area (Å²) in [7, 11) is 1.67. The number of isothiocyanates is 1. The minimum Gasteiger partial charge on any atom is -0.383 e. The predicted octanol–water partition coefficient (Wildman–Crippen LogP) is 2.94. The van der Waals surface area contributed by atoms with Crippen molar-refractivity contribution in [2.45, 2.75) is 18.9 Å². The second-order valence-electron chi connectivity index (χ2n) is 4.58. The lowest BCUT2D eigenvalue weighted by atomic mass is 10.2. The van der Waals surface area contributed by atoms with Crippen LogP contribution in [0.5, 0.6) is 0 Å². The Morgan fingerprint density at radius 2 is 2.45 bits per heavy atom. The average molecular weight is 293 g/mol. The molecule has 1 saturated heterocycles. The van der Waals surface area contributed by atoms with Gasteiger partial charge in [-0.15, -0.1) is 0 Å². The van der Waals surface area contributed by atoms with E-state index in [1.165, 1.54) is 6.07 Å². The molecule has 0 saturated carbocycles. The van der Waals surface area contributed by atoms with Gasteiger partial charge in [0.2, 0.25) is 0 Å². The number of rotatable bonds is 5. The zero-order valence-corrected chi connectivity index (χ0v) is 11.9. The number of hydrogen-bond acceptors (Lipinski definition) is 6. The minimum absolute atomic E-state index is 0.0615. The molecule has 1 heterocycles. The topological polar surface area (TPSA) is 68.0 Å². The van der Waals surface area contributed by atoms with Gasteiger partial charge in [-0.1, -0.05) is 0 Å². The van der Waals surface area contributed by atoms with Gasteiger partial charge in [0, 0.05) is 25.4 Å². The Morgan fingerprint density at radius 1 is 1.65 bits per heavy atom. The Labute approximate surface area is 122 Å². The number of nitro groups is 1. The van der Waals surface area contributed by atoms with Crippen molar-refractivity contribution in [2.24, 2.45) is 4.99 Å². The summed E-state index contributed by atoms with van der Waals surface area (Å²) in [6.07, 6.45) is 2.13. The van der Waals surface area contributed by atoms with E-state index in [2.05, 4.69) is 27.3 Å². The highest BCUT2D eigenvalue weighted by Crippen LogP contribution is 2.34. The van der Waals surface area contributed by atoms with Crippen LogP contribution in [0.25, 0.3) is 0 Å². The summed E-state index contributed by atoms with van der Waals surface area (Å²) < 4.78 is 5.21. The highest BCUT2D eigenvalue weighted by Gasteiger charge is 2.26. The van der Waals surface area contributed by atoms with Crippen LogP contribution in [0.3, 0.4) is 0 Å². The van der Waals surface area contributed by atoms with Crippen molar-refractivity contribution >= 4 is 34.4 Å². The fourth-order valence-corrected chi connectivity index (χ4v) is 2.62. The molecule has 1 aromatic rings. The number of methoxy groups -OCH3 is 1. The highest BCUT2D eigenvalue weighted by molar-refractivity contribution is 7.78. The third-order valence-electron chi connectivity index (χ3n) is 3.39. The van der Waals surface area contributed by atoms with Gasteiger partial charge in [0.25, 0.3) is 5.69 Å². The molecular formula is C13H15N3O3S. The van der Waals surface area contributed by atoms with Crippen LogP contribution in [0.15, 0.2) is 23.2 Å². The zero-order valence-electron chi connectivity index (χ0n) is 11.1. The molecule has 0 radical (unpaired) electrons. The summed E-state index contributed by atoms with van der Waals surface area (Å²) in [4.78, 5) is 16.5. The fourth-order valence-electron chi connectivity index (χ4n) is 2.52. The number of nitrogens with zero attached hydrogens (tertiary/aromatic N) is 3. The Kier molecular flexibility index (Phi) is 4.79. The van der Waals surface area contributed by atoms with Gasteiger partial charge < -0.3 is 9.64 Å². The molecule has 0 N–H and O–H groups in total. The number of anilines is 1. The van der Waals surface area contributed by atoms with Gasteiger partial charge in [-0.3, -0.25) is 10.1 Å². The van der Waals surface area contributed by atoms with Crippen LogP contribution >= 0.6 is 12.2 Å². The maximum Gasteiger partial charge on any atom is 0.295 e. The summed E-state index contributed by atoms with van der Waals surface area (Å²) in [6, 6.07) is 5.19. The number of ether oxygens (including phenoxy) is 1. The van der Waals surface area contributed by atoms with E-state index in [-0.39, 0.29) is 11.4 Å². The van der Waals surface area contributed by atoms with Crippen LogP contribution in [-0.4, -0.2) is 36.4 Å². The molecule has 7 heteroatoms. The molecule has 1 unspecified atom stereocenters. The van der Waals surface area contributed by atoms with Crippen LogP contribution in [0, 0.1) is 10.1 Å². The van der Waals surface area contributed by atoms with Crippen LogP contribution in [-0.2, 0) is 4.74 Å². The van der Waals surface area contributed by atoms with E-state index in [1.54, 1.807) is 19.2 Å². The van der Waals surface area contributed by atoms with Crippen LogP contribution in [0.2, 0.25) is 0 Å². The number of thiocarbonyl (C=S) groups is 1. The van der Waals surface area contributed by atoms with Gasteiger partial charge in [-0.25, -0.2) is 0 Å². The van der Waals surface area contributed by atoms with Crippen molar-refractivity contribution in [2.75, 3.05) is 25.2 Å². The molecule has 1 atom stereocenters. The fraction of sp³-hybridized carbons (Fsp3) is 0.462.